The van der Waals surface area contributed by atoms with Gasteiger partial charge in [-0.1, -0.05) is 78.5 Å². The molecule has 0 aliphatic carbocycles. The molecule has 3 nitrogen and oxygen atoms in total. The van der Waals surface area contributed by atoms with Gasteiger partial charge in [-0.25, -0.2) is 4.98 Å². The Morgan fingerprint density at radius 3 is 1.76 bits per heavy atom. The summed E-state index contributed by atoms with van der Waals surface area (Å²) < 4.78 is 0. The lowest BCUT2D eigenvalue weighted by Crippen LogP contribution is -2.15. The third kappa shape index (κ3) is 3.44. The molecule has 0 spiro atoms. The van der Waals surface area contributed by atoms with Crippen molar-refractivity contribution in [1.29, 1.82) is 5.26 Å². The molecule has 0 fully saturated rings. The van der Waals surface area contributed by atoms with E-state index in [0.29, 0.717) is 5.69 Å². The van der Waals surface area contributed by atoms with Gasteiger partial charge in [0, 0.05) is 27.1 Å². The molecule has 2 heterocycles. The molecule has 4 aromatic carbocycles. The van der Waals surface area contributed by atoms with Crippen molar-refractivity contribution in [1.82, 2.24) is 4.98 Å². The fourth-order valence-corrected chi connectivity index (χ4v) is 5.51. The van der Waals surface area contributed by atoms with Crippen LogP contribution in [0.2, 0.25) is 0 Å². The molecule has 0 unspecified atom stereocenters. The largest absolute Gasteiger partial charge is 0.308 e. The topological polar surface area (TPSA) is 39.9 Å². The van der Waals surface area contributed by atoms with E-state index >= 15 is 0 Å². The Labute approximate surface area is 203 Å². The highest BCUT2D eigenvalue weighted by Crippen LogP contribution is 2.53. The van der Waals surface area contributed by atoms with E-state index < -0.39 is 0 Å². The zero-order chi connectivity index (χ0) is 22.9. The SMILES string of the molecule is N#Cc1ccc(-c2ccccc2-c2ccccc2N2c3ccccc3Sc3ccccc32)cn1. The molecule has 0 radical (unpaired) electrons. The van der Waals surface area contributed by atoms with E-state index in [2.05, 4.69) is 107 Å². The first kappa shape index (κ1) is 20.3. The Bertz CT molecular complexity index is 1500. The fraction of sp³-hybridized carbons (Fsp3) is 0. The minimum Gasteiger partial charge on any atom is -0.308 e. The van der Waals surface area contributed by atoms with Gasteiger partial charge in [0.05, 0.1) is 17.1 Å². The van der Waals surface area contributed by atoms with Crippen molar-refractivity contribution < 1.29 is 0 Å². The second kappa shape index (κ2) is 8.55. The lowest BCUT2D eigenvalue weighted by atomic mass is 9.93. The Morgan fingerprint density at radius 2 is 1.15 bits per heavy atom. The quantitative estimate of drug-likeness (QED) is 0.271. The number of rotatable bonds is 3. The molecule has 160 valence electrons. The van der Waals surface area contributed by atoms with Crippen molar-refractivity contribution in [3.63, 3.8) is 0 Å². The van der Waals surface area contributed by atoms with Crippen LogP contribution in [0.15, 0.2) is 125 Å². The van der Waals surface area contributed by atoms with E-state index in [1.54, 1.807) is 12.3 Å². The summed E-state index contributed by atoms with van der Waals surface area (Å²) in [5, 5.41) is 9.15. The lowest BCUT2D eigenvalue weighted by molar-refractivity contribution is 1.17. The van der Waals surface area contributed by atoms with Crippen molar-refractivity contribution in [2.75, 3.05) is 4.90 Å². The Kier molecular flexibility index (Phi) is 5.10. The van der Waals surface area contributed by atoms with Gasteiger partial charge in [0.25, 0.3) is 0 Å². The summed E-state index contributed by atoms with van der Waals surface area (Å²) in [6.45, 7) is 0. The minimum atomic E-state index is 0.417. The van der Waals surface area contributed by atoms with Crippen LogP contribution < -0.4 is 4.90 Å². The van der Waals surface area contributed by atoms with Crippen LogP contribution in [-0.4, -0.2) is 4.98 Å². The van der Waals surface area contributed by atoms with Crippen LogP contribution in [0.3, 0.4) is 0 Å². The number of fused-ring (bicyclic) bond motifs is 2. The second-order valence-electron chi connectivity index (χ2n) is 7.98. The zero-order valence-electron chi connectivity index (χ0n) is 18.2. The van der Waals surface area contributed by atoms with Crippen molar-refractivity contribution in [2.45, 2.75) is 9.79 Å². The van der Waals surface area contributed by atoms with Gasteiger partial charge < -0.3 is 4.90 Å². The molecule has 1 aromatic heterocycles. The molecule has 6 rings (SSSR count). The van der Waals surface area contributed by atoms with Crippen molar-refractivity contribution in [3.8, 4) is 28.3 Å². The zero-order valence-corrected chi connectivity index (χ0v) is 19.0. The highest BCUT2D eigenvalue weighted by atomic mass is 32.2. The Hall–Kier alpha value is -4.33. The van der Waals surface area contributed by atoms with Gasteiger partial charge in [-0.2, -0.15) is 5.26 Å². The van der Waals surface area contributed by atoms with Gasteiger partial charge in [-0.3, -0.25) is 0 Å². The third-order valence-corrected chi connectivity index (χ3v) is 7.11. The molecule has 0 saturated heterocycles. The predicted octanol–water partition coefficient (Wildman–Crippen LogP) is 8.22. The molecule has 0 bridgehead atoms. The van der Waals surface area contributed by atoms with E-state index in [4.69, 9.17) is 5.26 Å². The monoisotopic (exact) mass is 453 g/mol. The molecular formula is C30H19N3S. The first-order chi connectivity index (χ1) is 16.8. The van der Waals surface area contributed by atoms with Gasteiger partial charge in [-0.05, 0) is 53.6 Å². The predicted molar refractivity (Wildman–Crippen MR) is 139 cm³/mol. The first-order valence-electron chi connectivity index (χ1n) is 11.0. The summed E-state index contributed by atoms with van der Waals surface area (Å²) in [6.07, 6.45) is 1.78. The standard InChI is InChI=1S/C30H19N3S/c31-19-22-18-17-21(20-32-22)23-9-1-2-10-24(23)25-11-3-4-12-26(25)33-27-13-5-7-15-29(27)34-30-16-8-6-14-28(30)33/h1-18,20H. The second-order valence-corrected chi connectivity index (χ2v) is 9.06. The number of hydrogen-bond acceptors (Lipinski definition) is 4. The van der Waals surface area contributed by atoms with E-state index in [9.17, 15) is 0 Å². The van der Waals surface area contributed by atoms with Gasteiger partial charge in [0.15, 0.2) is 0 Å². The van der Waals surface area contributed by atoms with Crippen LogP contribution in [0.25, 0.3) is 22.3 Å². The number of benzene rings is 4. The van der Waals surface area contributed by atoms with Crippen molar-refractivity contribution in [3.05, 3.63) is 121 Å². The molecular weight excluding hydrogens is 434 g/mol. The summed E-state index contributed by atoms with van der Waals surface area (Å²) in [4.78, 5) is 9.14. The molecule has 0 amide bonds. The highest BCUT2D eigenvalue weighted by Gasteiger charge is 2.26. The third-order valence-electron chi connectivity index (χ3n) is 5.98. The van der Waals surface area contributed by atoms with Crippen molar-refractivity contribution >= 4 is 28.8 Å². The molecule has 1 aliphatic rings. The summed E-state index contributed by atoms with van der Waals surface area (Å²) in [5.74, 6) is 0. The van der Waals surface area contributed by atoms with Crippen LogP contribution in [0.1, 0.15) is 5.69 Å². The summed E-state index contributed by atoms with van der Waals surface area (Å²) >= 11 is 1.81. The number of pyridine rings is 1. The van der Waals surface area contributed by atoms with E-state index in [1.165, 1.54) is 21.2 Å². The number of nitriles is 1. The molecule has 1 aliphatic heterocycles. The Balaban J connectivity index is 1.57. The van der Waals surface area contributed by atoms with Gasteiger partial charge in [-0.15, -0.1) is 0 Å². The van der Waals surface area contributed by atoms with Crippen LogP contribution in [-0.2, 0) is 0 Å². The van der Waals surface area contributed by atoms with Crippen LogP contribution in [0.5, 0.6) is 0 Å². The normalized spacial score (nSPS) is 11.9. The summed E-state index contributed by atoms with van der Waals surface area (Å²) in [6, 6.07) is 39.9. The van der Waals surface area contributed by atoms with Gasteiger partial charge in [0.2, 0.25) is 0 Å². The lowest BCUT2D eigenvalue weighted by Gasteiger charge is -2.34. The van der Waals surface area contributed by atoms with Crippen LogP contribution in [0.4, 0.5) is 17.1 Å². The molecule has 0 atom stereocenters. The average Bonchev–Trinajstić information content (AvgIpc) is 2.92. The minimum absolute atomic E-state index is 0.417. The summed E-state index contributed by atoms with van der Waals surface area (Å²) in [5.41, 5.74) is 8.22. The van der Waals surface area contributed by atoms with Crippen molar-refractivity contribution in [2.24, 2.45) is 0 Å². The smallest absolute Gasteiger partial charge is 0.140 e. The molecule has 0 saturated carbocycles. The number of aromatic nitrogens is 1. The maximum absolute atomic E-state index is 9.15. The maximum Gasteiger partial charge on any atom is 0.140 e. The van der Waals surface area contributed by atoms with Crippen LogP contribution >= 0.6 is 11.8 Å². The molecule has 5 aromatic rings. The van der Waals surface area contributed by atoms with Gasteiger partial charge in [0.1, 0.15) is 11.8 Å². The molecule has 4 heteroatoms. The van der Waals surface area contributed by atoms with E-state index in [0.717, 1.165) is 27.9 Å². The molecule has 34 heavy (non-hydrogen) atoms. The number of para-hydroxylation sites is 3. The Morgan fingerprint density at radius 1 is 0.588 bits per heavy atom. The van der Waals surface area contributed by atoms with Gasteiger partial charge >= 0.3 is 0 Å². The molecule has 0 N–H and O–H groups in total. The van der Waals surface area contributed by atoms with Crippen LogP contribution in [0, 0.1) is 11.3 Å². The van der Waals surface area contributed by atoms with E-state index in [1.807, 2.05) is 23.9 Å². The first-order valence-corrected chi connectivity index (χ1v) is 11.9. The number of nitrogens with zero attached hydrogens (tertiary/aromatic N) is 3. The highest BCUT2D eigenvalue weighted by molar-refractivity contribution is 7.99. The maximum atomic E-state index is 9.15. The van der Waals surface area contributed by atoms with E-state index in [-0.39, 0.29) is 0 Å². The fourth-order valence-electron chi connectivity index (χ4n) is 4.45. The number of hydrogen-bond donors (Lipinski definition) is 0. The average molecular weight is 454 g/mol. The summed E-state index contributed by atoms with van der Waals surface area (Å²) in [7, 11) is 0. The number of anilines is 3.